The van der Waals surface area contributed by atoms with Gasteiger partial charge in [0.15, 0.2) is 6.61 Å². The summed E-state index contributed by atoms with van der Waals surface area (Å²) in [7, 11) is -3.29. The molecule has 27 heavy (non-hydrogen) atoms. The van der Waals surface area contributed by atoms with Crippen molar-refractivity contribution in [3.8, 4) is 0 Å². The van der Waals surface area contributed by atoms with Gasteiger partial charge < -0.3 is 4.74 Å². The lowest BCUT2D eigenvalue weighted by Crippen LogP contribution is -2.44. The minimum atomic E-state index is -3.29. The van der Waals surface area contributed by atoms with Crippen LogP contribution in [0.15, 0.2) is 24.3 Å². The molecule has 1 aromatic rings. The number of piperidine rings is 1. The predicted octanol–water partition coefficient (Wildman–Crippen LogP) is -0.198. The smallest absolute Gasteiger partial charge is 0.309 e. The number of carbonyl (C=O) groups is 3. The number of amides is 2. The molecular formula is C16H20FN3O6S. The maximum absolute atomic E-state index is 13.4. The Morgan fingerprint density at radius 3 is 2.41 bits per heavy atom. The number of nitrogens with one attached hydrogen (secondary N) is 2. The SMILES string of the molecule is CS(=O)(=O)N1CCC(C(=O)OCC(=O)NNC(=O)c2ccccc2F)CC1. The number of sulfonamides is 1. The van der Waals surface area contributed by atoms with Crippen molar-refractivity contribution in [1.29, 1.82) is 0 Å². The van der Waals surface area contributed by atoms with Gasteiger partial charge in [-0.1, -0.05) is 12.1 Å². The van der Waals surface area contributed by atoms with Crippen LogP contribution in [-0.4, -0.2) is 56.5 Å². The van der Waals surface area contributed by atoms with Crippen molar-refractivity contribution in [2.75, 3.05) is 26.0 Å². The maximum Gasteiger partial charge on any atom is 0.309 e. The molecule has 1 heterocycles. The van der Waals surface area contributed by atoms with E-state index in [9.17, 15) is 27.2 Å². The van der Waals surface area contributed by atoms with Crippen molar-refractivity contribution in [1.82, 2.24) is 15.2 Å². The van der Waals surface area contributed by atoms with Crippen LogP contribution in [0.4, 0.5) is 4.39 Å². The van der Waals surface area contributed by atoms with Crippen LogP contribution in [0.3, 0.4) is 0 Å². The lowest BCUT2D eigenvalue weighted by Gasteiger charge is -2.28. The number of hydrazine groups is 1. The highest BCUT2D eigenvalue weighted by Gasteiger charge is 2.30. The number of halogens is 1. The summed E-state index contributed by atoms with van der Waals surface area (Å²) in [6, 6.07) is 5.24. The average molecular weight is 401 g/mol. The second-order valence-corrected chi connectivity index (χ2v) is 8.01. The van der Waals surface area contributed by atoms with E-state index in [1.807, 2.05) is 10.9 Å². The number of hydrogen-bond donors (Lipinski definition) is 2. The first-order valence-electron chi connectivity index (χ1n) is 8.14. The molecule has 1 aromatic carbocycles. The van der Waals surface area contributed by atoms with Crippen LogP contribution in [0, 0.1) is 11.7 Å². The minimum Gasteiger partial charge on any atom is -0.455 e. The first-order valence-corrected chi connectivity index (χ1v) is 9.99. The Morgan fingerprint density at radius 2 is 1.81 bits per heavy atom. The predicted molar refractivity (Wildman–Crippen MR) is 92.1 cm³/mol. The van der Waals surface area contributed by atoms with Crippen LogP contribution < -0.4 is 10.9 Å². The molecule has 0 unspecified atom stereocenters. The summed E-state index contributed by atoms with van der Waals surface area (Å²) in [6.45, 7) is -0.199. The van der Waals surface area contributed by atoms with Crippen LogP contribution in [0.5, 0.6) is 0 Å². The minimum absolute atomic E-state index is 0.212. The standard InChI is InChI=1S/C16H20FN3O6S/c1-27(24,25)20-8-6-11(7-9-20)16(23)26-10-14(21)18-19-15(22)12-4-2-3-5-13(12)17/h2-5,11H,6-10H2,1H3,(H,18,21)(H,19,22). The number of carbonyl (C=O) groups excluding carboxylic acids is 3. The van der Waals surface area contributed by atoms with Gasteiger partial charge >= 0.3 is 5.97 Å². The third kappa shape index (κ3) is 6.00. The quantitative estimate of drug-likeness (QED) is 0.521. The fourth-order valence-corrected chi connectivity index (χ4v) is 3.43. The molecule has 0 atom stereocenters. The van der Waals surface area contributed by atoms with E-state index in [0.29, 0.717) is 12.8 Å². The summed E-state index contributed by atoms with van der Waals surface area (Å²) >= 11 is 0. The second kappa shape index (κ2) is 8.91. The molecule has 0 saturated carbocycles. The van der Waals surface area contributed by atoms with Gasteiger partial charge in [0.05, 0.1) is 17.7 Å². The number of ether oxygens (including phenoxy) is 1. The van der Waals surface area contributed by atoms with Crippen LogP contribution in [0.25, 0.3) is 0 Å². The molecule has 1 aliphatic rings. The van der Waals surface area contributed by atoms with Crippen molar-refractivity contribution in [2.45, 2.75) is 12.8 Å². The zero-order valence-electron chi connectivity index (χ0n) is 14.6. The Hall–Kier alpha value is -2.53. The van der Waals surface area contributed by atoms with Crippen molar-refractivity contribution in [3.05, 3.63) is 35.6 Å². The van der Waals surface area contributed by atoms with Gasteiger partial charge in [-0.15, -0.1) is 0 Å². The van der Waals surface area contributed by atoms with E-state index in [4.69, 9.17) is 4.74 Å². The van der Waals surface area contributed by atoms with Gasteiger partial charge in [0.1, 0.15) is 5.82 Å². The van der Waals surface area contributed by atoms with Gasteiger partial charge in [-0.05, 0) is 25.0 Å². The second-order valence-electron chi connectivity index (χ2n) is 6.03. The summed E-state index contributed by atoms with van der Waals surface area (Å²) in [4.78, 5) is 35.3. The molecule has 0 spiro atoms. The first-order chi connectivity index (χ1) is 12.7. The summed E-state index contributed by atoms with van der Waals surface area (Å²) in [5.41, 5.74) is 3.80. The van der Waals surface area contributed by atoms with Gasteiger partial charge in [0, 0.05) is 13.1 Å². The fraction of sp³-hybridized carbons (Fsp3) is 0.438. The first kappa shape index (κ1) is 20.8. The maximum atomic E-state index is 13.4. The Balaban J connectivity index is 1.72. The van der Waals surface area contributed by atoms with Crippen molar-refractivity contribution in [2.24, 2.45) is 5.92 Å². The van der Waals surface area contributed by atoms with Crippen LogP contribution in [0.1, 0.15) is 23.2 Å². The number of hydrogen-bond acceptors (Lipinski definition) is 6. The molecule has 1 fully saturated rings. The summed E-state index contributed by atoms with van der Waals surface area (Å²) in [5.74, 6) is -3.49. The topological polar surface area (TPSA) is 122 Å². The third-order valence-electron chi connectivity index (χ3n) is 4.04. The molecule has 0 radical (unpaired) electrons. The van der Waals surface area contributed by atoms with Gasteiger partial charge in [-0.3, -0.25) is 25.2 Å². The zero-order valence-corrected chi connectivity index (χ0v) is 15.4. The van der Waals surface area contributed by atoms with Crippen molar-refractivity contribution in [3.63, 3.8) is 0 Å². The van der Waals surface area contributed by atoms with E-state index in [0.717, 1.165) is 12.3 Å². The van der Waals surface area contributed by atoms with E-state index in [1.54, 1.807) is 0 Å². The lowest BCUT2D eigenvalue weighted by atomic mass is 9.98. The zero-order chi connectivity index (χ0) is 20.0. The molecule has 1 saturated heterocycles. The highest BCUT2D eigenvalue weighted by molar-refractivity contribution is 7.88. The van der Waals surface area contributed by atoms with Crippen LogP contribution >= 0.6 is 0 Å². The summed E-state index contributed by atoms with van der Waals surface area (Å²) in [6.07, 6.45) is 1.71. The highest BCUT2D eigenvalue weighted by Crippen LogP contribution is 2.20. The molecule has 0 aromatic heterocycles. The van der Waals surface area contributed by atoms with E-state index in [-0.39, 0.29) is 18.7 Å². The number of benzene rings is 1. The largest absolute Gasteiger partial charge is 0.455 e. The third-order valence-corrected chi connectivity index (χ3v) is 5.34. The van der Waals surface area contributed by atoms with Gasteiger partial charge in [0.2, 0.25) is 10.0 Å². The van der Waals surface area contributed by atoms with E-state index in [2.05, 4.69) is 0 Å². The summed E-state index contributed by atoms with van der Waals surface area (Å²) < 4.78 is 42.5. The van der Waals surface area contributed by atoms with Gasteiger partial charge in [-0.2, -0.15) is 0 Å². The Labute approximate surface area is 155 Å². The van der Waals surface area contributed by atoms with E-state index < -0.39 is 46.1 Å². The lowest BCUT2D eigenvalue weighted by molar-refractivity contribution is -0.153. The van der Waals surface area contributed by atoms with Crippen molar-refractivity contribution < 1.29 is 31.9 Å². The molecule has 1 aliphatic heterocycles. The Bertz CT molecular complexity index is 821. The molecule has 9 nitrogen and oxygen atoms in total. The molecule has 0 aliphatic carbocycles. The molecule has 11 heteroatoms. The fourth-order valence-electron chi connectivity index (χ4n) is 2.55. The summed E-state index contributed by atoms with van der Waals surface area (Å²) in [5, 5.41) is 0. The molecule has 2 amide bonds. The van der Waals surface area contributed by atoms with Crippen molar-refractivity contribution >= 4 is 27.8 Å². The molecule has 2 N–H and O–H groups in total. The average Bonchev–Trinajstić information content (AvgIpc) is 2.64. The monoisotopic (exact) mass is 401 g/mol. The Kier molecular flexibility index (Phi) is 6.86. The highest BCUT2D eigenvalue weighted by atomic mass is 32.2. The number of esters is 1. The van der Waals surface area contributed by atoms with E-state index in [1.165, 1.54) is 22.5 Å². The number of rotatable bonds is 5. The molecular weight excluding hydrogens is 381 g/mol. The normalized spacial score (nSPS) is 15.8. The van der Waals surface area contributed by atoms with Gasteiger partial charge in [-0.25, -0.2) is 17.1 Å². The van der Waals surface area contributed by atoms with Crippen LogP contribution in [0.2, 0.25) is 0 Å². The molecule has 0 bridgehead atoms. The Morgan fingerprint density at radius 1 is 1.19 bits per heavy atom. The molecule has 148 valence electrons. The number of nitrogens with zero attached hydrogens (tertiary/aromatic N) is 1. The van der Waals surface area contributed by atoms with E-state index >= 15 is 0 Å². The molecule has 2 rings (SSSR count). The van der Waals surface area contributed by atoms with Gasteiger partial charge in [0.25, 0.3) is 11.8 Å². The van der Waals surface area contributed by atoms with Crippen LogP contribution in [-0.2, 0) is 24.3 Å².